The van der Waals surface area contributed by atoms with Gasteiger partial charge in [0, 0.05) is 37.1 Å². The Morgan fingerprint density at radius 3 is 2.83 bits per heavy atom. The second kappa shape index (κ2) is 6.48. The first-order valence-corrected chi connectivity index (χ1v) is 7.96. The average molecular weight is 264 g/mol. The Bertz CT molecular complexity index is 373. The molecular weight excluding hydrogens is 240 g/mol. The fourth-order valence-electron chi connectivity index (χ4n) is 2.34. The molecule has 1 aliphatic rings. The van der Waals surface area contributed by atoms with Crippen LogP contribution in [0.25, 0.3) is 0 Å². The van der Waals surface area contributed by atoms with Crippen molar-refractivity contribution >= 4 is 17.4 Å². The van der Waals surface area contributed by atoms with Crippen LogP contribution >= 0.6 is 11.8 Å². The first kappa shape index (κ1) is 13.8. The monoisotopic (exact) mass is 264 g/mol. The number of thioether (sulfide) groups is 1. The number of anilines is 1. The van der Waals surface area contributed by atoms with Gasteiger partial charge in [0.15, 0.2) is 0 Å². The number of hydrogen-bond acceptors (Lipinski definition) is 3. The summed E-state index contributed by atoms with van der Waals surface area (Å²) in [5.74, 6) is 2.57. The minimum atomic E-state index is 0.533. The fourth-order valence-corrected chi connectivity index (χ4v) is 3.61. The summed E-state index contributed by atoms with van der Waals surface area (Å²) in [4.78, 5) is 2.47. The highest BCUT2D eigenvalue weighted by molar-refractivity contribution is 7.99. The number of hydrogen-bond donors (Lipinski definition) is 1. The minimum Gasteiger partial charge on any atom is -0.370 e. The van der Waals surface area contributed by atoms with Gasteiger partial charge in [-0.05, 0) is 23.8 Å². The molecule has 1 aromatic carbocycles. The highest BCUT2D eigenvalue weighted by atomic mass is 32.2. The van der Waals surface area contributed by atoms with E-state index in [9.17, 15) is 0 Å². The fraction of sp³-hybridized carbons (Fsp3) is 0.600. The SMILES string of the molecule is CC(C)NCc1ccccc1N(C)C1CCSC1. The second-order valence-corrected chi connectivity index (χ2v) is 6.44. The molecule has 0 amide bonds. The summed E-state index contributed by atoms with van der Waals surface area (Å²) in [6.07, 6.45) is 1.31. The Kier molecular flexibility index (Phi) is 4.95. The Labute approximate surface area is 115 Å². The summed E-state index contributed by atoms with van der Waals surface area (Å²) in [6, 6.07) is 10.0. The van der Waals surface area contributed by atoms with Crippen molar-refractivity contribution in [1.29, 1.82) is 0 Å². The molecule has 0 saturated carbocycles. The smallest absolute Gasteiger partial charge is 0.0412 e. The van der Waals surface area contributed by atoms with E-state index in [-0.39, 0.29) is 0 Å². The molecule has 1 saturated heterocycles. The standard InChI is InChI=1S/C15H24N2S/c1-12(2)16-10-13-6-4-5-7-15(13)17(3)14-8-9-18-11-14/h4-7,12,14,16H,8-11H2,1-3H3. The zero-order chi connectivity index (χ0) is 13.0. The molecule has 1 fully saturated rings. The maximum Gasteiger partial charge on any atom is 0.0412 e. The van der Waals surface area contributed by atoms with Crippen LogP contribution in [0.4, 0.5) is 5.69 Å². The summed E-state index contributed by atoms with van der Waals surface area (Å²) < 4.78 is 0. The number of para-hydroxylation sites is 1. The van der Waals surface area contributed by atoms with Gasteiger partial charge >= 0.3 is 0 Å². The second-order valence-electron chi connectivity index (χ2n) is 5.29. The molecule has 1 atom stereocenters. The van der Waals surface area contributed by atoms with Crippen molar-refractivity contribution in [3.05, 3.63) is 29.8 Å². The summed E-state index contributed by atoms with van der Waals surface area (Å²) in [5.41, 5.74) is 2.80. The molecule has 0 spiro atoms. The lowest BCUT2D eigenvalue weighted by Crippen LogP contribution is -2.33. The van der Waals surface area contributed by atoms with E-state index >= 15 is 0 Å². The first-order valence-electron chi connectivity index (χ1n) is 6.80. The van der Waals surface area contributed by atoms with Crippen LogP contribution in [0.1, 0.15) is 25.8 Å². The van der Waals surface area contributed by atoms with Crippen molar-refractivity contribution in [3.63, 3.8) is 0 Å². The van der Waals surface area contributed by atoms with Crippen LogP contribution in [0.5, 0.6) is 0 Å². The number of nitrogens with one attached hydrogen (secondary N) is 1. The van der Waals surface area contributed by atoms with E-state index in [1.807, 2.05) is 0 Å². The number of nitrogens with zero attached hydrogens (tertiary/aromatic N) is 1. The van der Waals surface area contributed by atoms with Crippen LogP contribution in [-0.4, -0.2) is 30.6 Å². The zero-order valence-corrected chi connectivity index (χ0v) is 12.5. The molecule has 18 heavy (non-hydrogen) atoms. The summed E-state index contributed by atoms with van der Waals surface area (Å²) in [7, 11) is 2.24. The summed E-state index contributed by atoms with van der Waals surface area (Å²) >= 11 is 2.07. The van der Waals surface area contributed by atoms with Crippen molar-refractivity contribution in [2.24, 2.45) is 0 Å². The van der Waals surface area contributed by atoms with Crippen LogP contribution in [0.15, 0.2) is 24.3 Å². The topological polar surface area (TPSA) is 15.3 Å². The Hall–Kier alpha value is -0.670. The van der Waals surface area contributed by atoms with E-state index in [1.165, 1.54) is 29.2 Å². The quantitative estimate of drug-likeness (QED) is 0.879. The molecule has 0 aliphatic carbocycles. The highest BCUT2D eigenvalue weighted by Crippen LogP contribution is 2.28. The van der Waals surface area contributed by atoms with E-state index in [0.29, 0.717) is 12.1 Å². The van der Waals surface area contributed by atoms with E-state index in [4.69, 9.17) is 0 Å². The number of rotatable bonds is 5. The van der Waals surface area contributed by atoms with E-state index in [1.54, 1.807) is 0 Å². The lowest BCUT2D eigenvalue weighted by molar-refractivity contribution is 0.586. The Morgan fingerprint density at radius 1 is 1.39 bits per heavy atom. The maximum absolute atomic E-state index is 3.52. The lowest BCUT2D eigenvalue weighted by atomic mass is 10.1. The Morgan fingerprint density at radius 2 is 2.17 bits per heavy atom. The van der Waals surface area contributed by atoms with Crippen molar-refractivity contribution in [1.82, 2.24) is 5.32 Å². The minimum absolute atomic E-state index is 0.533. The van der Waals surface area contributed by atoms with Gasteiger partial charge in [-0.3, -0.25) is 0 Å². The van der Waals surface area contributed by atoms with Crippen LogP contribution in [-0.2, 0) is 6.54 Å². The molecular formula is C15H24N2S. The molecule has 1 N–H and O–H groups in total. The van der Waals surface area contributed by atoms with Crippen molar-refractivity contribution in [3.8, 4) is 0 Å². The maximum atomic E-state index is 3.52. The largest absolute Gasteiger partial charge is 0.370 e. The van der Waals surface area contributed by atoms with Crippen molar-refractivity contribution < 1.29 is 0 Å². The van der Waals surface area contributed by atoms with Crippen LogP contribution in [0.2, 0.25) is 0 Å². The molecule has 2 rings (SSSR count). The molecule has 2 nitrogen and oxygen atoms in total. The molecule has 1 unspecified atom stereocenters. The normalized spacial score (nSPS) is 19.4. The molecule has 1 aromatic rings. The molecule has 3 heteroatoms. The number of benzene rings is 1. The van der Waals surface area contributed by atoms with Crippen LogP contribution in [0, 0.1) is 0 Å². The molecule has 0 bridgehead atoms. The molecule has 100 valence electrons. The predicted octanol–water partition coefficient (Wildman–Crippen LogP) is 3.13. The molecule has 1 heterocycles. The van der Waals surface area contributed by atoms with Gasteiger partial charge in [-0.25, -0.2) is 0 Å². The van der Waals surface area contributed by atoms with Gasteiger partial charge in [0.1, 0.15) is 0 Å². The van der Waals surface area contributed by atoms with E-state index in [2.05, 4.69) is 67.1 Å². The predicted molar refractivity (Wildman–Crippen MR) is 82.6 cm³/mol. The third-order valence-electron chi connectivity index (χ3n) is 3.53. The average Bonchev–Trinajstić information content (AvgIpc) is 2.89. The zero-order valence-electron chi connectivity index (χ0n) is 11.6. The third kappa shape index (κ3) is 3.42. The first-order chi connectivity index (χ1) is 8.68. The van der Waals surface area contributed by atoms with Crippen molar-refractivity contribution in [2.75, 3.05) is 23.5 Å². The van der Waals surface area contributed by atoms with Gasteiger partial charge in [0.2, 0.25) is 0 Å². The van der Waals surface area contributed by atoms with Gasteiger partial charge in [-0.2, -0.15) is 11.8 Å². The van der Waals surface area contributed by atoms with Crippen LogP contribution < -0.4 is 10.2 Å². The molecule has 0 radical (unpaired) electrons. The molecule has 1 aliphatic heterocycles. The van der Waals surface area contributed by atoms with Crippen molar-refractivity contribution in [2.45, 2.75) is 38.9 Å². The Balaban J connectivity index is 2.10. The highest BCUT2D eigenvalue weighted by Gasteiger charge is 2.21. The van der Waals surface area contributed by atoms with Gasteiger partial charge in [0.25, 0.3) is 0 Å². The van der Waals surface area contributed by atoms with Gasteiger partial charge in [-0.1, -0.05) is 32.0 Å². The third-order valence-corrected chi connectivity index (χ3v) is 4.67. The summed E-state index contributed by atoms with van der Waals surface area (Å²) in [6.45, 7) is 5.35. The van der Waals surface area contributed by atoms with E-state index in [0.717, 1.165) is 6.54 Å². The molecule has 0 aromatic heterocycles. The van der Waals surface area contributed by atoms with Gasteiger partial charge in [0.05, 0.1) is 0 Å². The van der Waals surface area contributed by atoms with Gasteiger partial charge < -0.3 is 10.2 Å². The van der Waals surface area contributed by atoms with Gasteiger partial charge in [-0.15, -0.1) is 0 Å². The van der Waals surface area contributed by atoms with E-state index < -0.39 is 0 Å². The van der Waals surface area contributed by atoms with Crippen LogP contribution in [0.3, 0.4) is 0 Å². The summed E-state index contributed by atoms with van der Waals surface area (Å²) in [5, 5.41) is 3.52. The lowest BCUT2D eigenvalue weighted by Gasteiger charge is -2.28.